The van der Waals surface area contributed by atoms with E-state index in [-0.39, 0.29) is 5.91 Å². The van der Waals surface area contributed by atoms with Crippen molar-refractivity contribution in [1.82, 2.24) is 0 Å². The minimum absolute atomic E-state index is 0.185. The molecule has 1 amide bonds. The van der Waals surface area contributed by atoms with Crippen LogP contribution in [0.4, 0.5) is 11.4 Å². The Kier molecular flexibility index (Phi) is 2.99. The maximum absolute atomic E-state index is 12.0. The van der Waals surface area contributed by atoms with E-state index in [1.165, 1.54) is 0 Å². The van der Waals surface area contributed by atoms with E-state index in [2.05, 4.69) is 10.3 Å². The fourth-order valence-electron chi connectivity index (χ4n) is 2.20. The van der Waals surface area contributed by atoms with Crippen LogP contribution in [0.1, 0.15) is 11.1 Å². The van der Waals surface area contributed by atoms with Gasteiger partial charge in [-0.15, -0.1) is 0 Å². The maximum atomic E-state index is 12.0. The zero-order valence-electron chi connectivity index (χ0n) is 11.3. The number of amides is 1. The van der Waals surface area contributed by atoms with Gasteiger partial charge >= 0.3 is 0 Å². The van der Waals surface area contributed by atoms with Crippen LogP contribution in [-0.2, 0) is 4.79 Å². The molecule has 4 heteroatoms. The number of anilines is 1. The normalized spacial score (nSPS) is 15.1. The number of nitrogens with one attached hydrogen (secondary N) is 1. The Hall–Kier alpha value is -2.62. The van der Waals surface area contributed by atoms with Gasteiger partial charge in [-0.05, 0) is 36.8 Å². The van der Waals surface area contributed by atoms with E-state index >= 15 is 0 Å². The molecule has 4 nitrogen and oxygen atoms in total. The zero-order valence-corrected chi connectivity index (χ0v) is 11.3. The summed E-state index contributed by atoms with van der Waals surface area (Å²) in [5, 5.41) is 2.81. The Morgan fingerprint density at radius 2 is 2.00 bits per heavy atom. The minimum atomic E-state index is -0.185. The number of aryl methyl sites for hydroxylation is 1. The quantitative estimate of drug-likeness (QED) is 0.908. The fraction of sp³-hybridized carbons (Fsp3) is 0.125. The first kappa shape index (κ1) is 12.4. The zero-order chi connectivity index (χ0) is 14.1. The van der Waals surface area contributed by atoms with Gasteiger partial charge in [-0.25, -0.2) is 4.99 Å². The third-order valence-corrected chi connectivity index (χ3v) is 3.19. The van der Waals surface area contributed by atoms with Crippen molar-refractivity contribution in [2.45, 2.75) is 6.92 Å². The standard InChI is InChI=1S/C16H14N2O2/c1-10-4-3-5-11(8-10)17-15-13-7-6-12(20-2)9-14(13)18-16(15)19/h3-9H,1-2H3,(H,17,18,19). The highest BCUT2D eigenvalue weighted by atomic mass is 16.5. The van der Waals surface area contributed by atoms with E-state index in [1.54, 1.807) is 13.2 Å². The van der Waals surface area contributed by atoms with Crippen molar-refractivity contribution in [3.8, 4) is 5.75 Å². The predicted molar refractivity (Wildman–Crippen MR) is 79.0 cm³/mol. The molecule has 0 bridgehead atoms. The van der Waals surface area contributed by atoms with Crippen molar-refractivity contribution in [3.05, 3.63) is 53.6 Å². The highest BCUT2D eigenvalue weighted by Gasteiger charge is 2.26. The van der Waals surface area contributed by atoms with E-state index < -0.39 is 0 Å². The summed E-state index contributed by atoms with van der Waals surface area (Å²) in [5.74, 6) is 0.524. The number of hydrogen-bond acceptors (Lipinski definition) is 3. The van der Waals surface area contributed by atoms with Crippen molar-refractivity contribution < 1.29 is 9.53 Å². The van der Waals surface area contributed by atoms with Crippen LogP contribution >= 0.6 is 0 Å². The van der Waals surface area contributed by atoms with E-state index in [1.807, 2.05) is 43.3 Å². The van der Waals surface area contributed by atoms with Gasteiger partial charge in [-0.3, -0.25) is 4.79 Å². The molecule has 0 saturated heterocycles. The largest absolute Gasteiger partial charge is 0.497 e. The number of benzene rings is 2. The molecule has 1 heterocycles. The number of ether oxygens (including phenoxy) is 1. The summed E-state index contributed by atoms with van der Waals surface area (Å²) in [4.78, 5) is 16.5. The lowest BCUT2D eigenvalue weighted by Crippen LogP contribution is -2.13. The van der Waals surface area contributed by atoms with Crippen LogP contribution in [0.5, 0.6) is 5.75 Å². The maximum Gasteiger partial charge on any atom is 0.275 e. The number of hydrogen-bond donors (Lipinski definition) is 1. The van der Waals surface area contributed by atoms with Crippen molar-refractivity contribution >= 4 is 23.0 Å². The van der Waals surface area contributed by atoms with Gasteiger partial charge in [0.1, 0.15) is 11.5 Å². The molecule has 0 unspecified atom stereocenters. The molecule has 1 aliphatic heterocycles. The van der Waals surface area contributed by atoms with Gasteiger partial charge < -0.3 is 10.1 Å². The average molecular weight is 266 g/mol. The summed E-state index contributed by atoms with van der Waals surface area (Å²) in [5.41, 5.74) is 3.87. The second-order valence-electron chi connectivity index (χ2n) is 4.67. The predicted octanol–water partition coefficient (Wildman–Crippen LogP) is 3.08. The molecule has 0 aliphatic carbocycles. The SMILES string of the molecule is COc1ccc2c(c1)NC(=O)C2=Nc1cccc(C)c1. The van der Waals surface area contributed by atoms with Crippen LogP contribution in [-0.4, -0.2) is 18.7 Å². The van der Waals surface area contributed by atoms with Gasteiger partial charge in [-0.2, -0.15) is 0 Å². The topological polar surface area (TPSA) is 50.7 Å². The Bertz CT molecular complexity index is 720. The minimum Gasteiger partial charge on any atom is -0.497 e. The van der Waals surface area contributed by atoms with Gasteiger partial charge in [0.25, 0.3) is 5.91 Å². The number of fused-ring (bicyclic) bond motifs is 1. The van der Waals surface area contributed by atoms with Crippen LogP contribution in [0.15, 0.2) is 47.5 Å². The highest BCUT2D eigenvalue weighted by Crippen LogP contribution is 2.29. The second kappa shape index (κ2) is 4.81. The molecule has 0 aromatic heterocycles. The first-order valence-corrected chi connectivity index (χ1v) is 6.32. The van der Waals surface area contributed by atoms with Crippen molar-refractivity contribution in [1.29, 1.82) is 0 Å². The molecule has 100 valence electrons. The molecule has 0 radical (unpaired) electrons. The third kappa shape index (κ3) is 2.16. The average Bonchev–Trinajstić information content (AvgIpc) is 2.74. The number of aliphatic imine (C=N–C) groups is 1. The first-order chi connectivity index (χ1) is 9.67. The molecule has 0 atom stereocenters. The van der Waals surface area contributed by atoms with Crippen LogP contribution in [0.25, 0.3) is 0 Å². The van der Waals surface area contributed by atoms with Gasteiger partial charge in [0.2, 0.25) is 0 Å². The summed E-state index contributed by atoms with van der Waals surface area (Å²) >= 11 is 0. The molecule has 3 rings (SSSR count). The van der Waals surface area contributed by atoms with Gasteiger partial charge in [0, 0.05) is 11.6 Å². The van der Waals surface area contributed by atoms with Crippen molar-refractivity contribution in [2.75, 3.05) is 12.4 Å². The lowest BCUT2D eigenvalue weighted by Gasteiger charge is -2.02. The lowest BCUT2D eigenvalue weighted by atomic mass is 10.1. The summed E-state index contributed by atoms with van der Waals surface area (Å²) < 4.78 is 5.15. The smallest absolute Gasteiger partial charge is 0.275 e. The molecule has 0 fully saturated rings. The van der Waals surface area contributed by atoms with Gasteiger partial charge in [-0.1, -0.05) is 12.1 Å². The number of rotatable bonds is 2. The molecule has 2 aromatic carbocycles. The molecule has 1 aliphatic rings. The molecular weight excluding hydrogens is 252 g/mol. The van der Waals surface area contributed by atoms with Crippen LogP contribution in [0.2, 0.25) is 0 Å². The number of methoxy groups -OCH3 is 1. The third-order valence-electron chi connectivity index (χ3n) is 3.19. The summed E-state index contributed by atoms with van der Waals surface area (Å²) in [6.07, 6.45) is 0. The summed E-state index contributed by atoms with van der Waals surface area (Å²) in [6, 6.07) is 13.2. The van der Waals surface area contributed by atoms with E-state index in [4.69, 9.17) is 4.74 Å². The molecule has 2 aromatic rings. The molecule has 1 N–H and O–H groups in total. The Labute approximate surface area is 117 Å². The Balaban J connectivity index is 2.06. The van der Waals surface area contributed by atoms with Crippen LogP contribution in [0, 0.1) is 6.92 Å². The van der Waals surface area contributed by atoms with E-state index in [0.717, 1.165) is 22.5 Å². The Morgan fingerprint density at radius 3 is 2.75 bits per heavy atom. The molecular formula is C16H14N2O2. The number of nitrogens with zero attached hydrogens (tertiary/aromatic N) is 1. The molecule has 0 saturated carbocycles. The number of carbonyl (C=O) groups excluding carboxylic acids is 1. The van der Waals surface area contributed by atoms with Gasteiger partial charge in [0.15, 0.2) is 0 Å². The monoisotopic (exact) mass is 266 g/mol. The fourth-order valence-corrected chi connectivity index (χ4v) is 2.20. The van der Waals surface area contributed by atoms with Crippen molar-refractivity contribution in [2.24, 2.45) is 4.99 Å². The lowest BCUT2D eigenvalue weighted by molar-refractivity contribution is -0.110. The molecule has 20 heavy (non-hydrogen) atoms. The first-order valence-electron chi connectivity index (χ1n) is 6.32. The summed E-state index contributed by atoms with van der Waals surface area (Å²) in [7, 11) is 1.60. The highest BCUT2D eigenvalue weighted by molar-refractivity contribution is 6.54. The molecule has 0 spiro atoms. The van der Waals surface area contributed by atoms with Crippen LogP contribution in [0.3, 0.4) is 0 Å². The van der Waals surface area contributed by atoms with Crippen molar-refractivity contribution in [3.63, 3.8) is 0 Å². The van der Waals surface area contributed by atoms with Crippen LogP contribution < -0.4 is 10.1 Å². The second-order valence-corrected chi connectivity index (χ2v) is 4.67. The van der Waals surface area contributed by atoms with E-state index in [9.17, 15) is 4.79 Å². The van der Waals surface area contributed by atoms with Gasteiger partial charge in [0.05, 0.1) is 18.5 Å². The summed E-state index contributed by atoms with van der Waals surface area (Å²) in [6.45, 7) is 2.00. The van der Waals surface area contributed by atoms with E-state index in [0.29, 0.717) is 11.5 Å². The number of carbonyl (C=O) groups is 1. The Morgan fingerprint density at radius 1 is 1.15 bits per heavy atom.